The number of carbonyl (C=O) groups excluding carboxylic acids is 1. The van der Waals surface area contributed by atoms with Gasteiger partial charge in [0.1, 0.15) is 11.6 Å². The molecular formula is C12H6F6N2O. The molecule has 0 aliphatic heterocycles. The Labute approximate surface area is 114 Å². The van der Waals surface area contributed by atoms with Crippen molar-refractivity contribution >= 4 is 12.0 Å². The number of nitriles is 1. The van der Waals surface area contributed by atoms with Gasteiger partial charge in [0.05, 0.1) is 11.1 Å². The number of alkyl halides is 6. The van der Waals surface area contributed by atoms with Gasteiger partial charge in [-0.2, -0.15) is 31.6 Å². The SMILES string of the molecule is N#C/C(=C\c1cc(C(F)(F)F)cc(C(F)(F)F)c1)C(N)=O. The molecule has 0 saturated carbocycles. The van der Waals surface area contributed by atoms with Gasteiger partial charge in [0.25, 0.3) is 5.91 Å². The monoisotopic (exact) mass is 308 g/mol. The fraction of sp³-hybridized carbons (Fsp3) is 0.167. The van der Waals surface area contributed by atoms with Crippen LogP contribution in [0, 0.1) is 11.3 Å². The smallest absolute Gasteiger partial charge is 0.365 e. The molecule has 1 amide bonds. The van der Waals surface area contributed by atoms with Crippen molar-refractivity contribution in [3.63, 3.8) is 0 Å². The zero-order valence-corrected chi connectivity index (χ0v) is 10.0. The van der Waals surface area contributed by atoms with Crippen LogP contribution in [0.4, 0.5) is 26.3 Å². The van der Waals surface area contributed by atoms with E-state index in [1.54, 1.807) is 0 Å². The van der Waals surface area contributed by atoms with Crippen LogP contribution in [0.2, 0.25) is 0 Å². The molecule has 112 valence electrons. The maximum absolute atomic E-state index is 12.6. The molecule has 1 aromatic rings. The summed E-state index contributed by atoms with van der Waals surface area (Å²) in [4.78, 5) is 10.8. The third-order valence-electron chi connectivity index (χ3n) is 2.31. The van der Waals surface area contributed by atoms with E-state index < -0.39 is 40.5 Å². The molecule has 1 rings (SSSR count). The summed E-state index contributed by atoms with van der Waals surface area (Å²) in [5, 5.41) is 8.55. The molecule has 1 aromatic carbocycles. The lowest BCUT2D eigenvalue weighted by Gasteiger charge is -2.13. The molecule has 0 atom stereocenters. The molecule has 0 saturated heterocycles. The van der Waals surface area contributed by atoms with Gasteiger partial charge in [0.15, 0.2) is 0 Å². The quantitative estimate of drug-likeness (QED) is 0.518. The molecular weight excluding hydrogens is 302 g/mol. The van der Waals surface area contributed by atoms with Crippen molar-refractivity contribution in [2.24, 2.45) is 5.73 Å². The van der Waals surface area contributed by atoms with Gasteiger partial charge in [0, 0.05) is 0 Å². The number of nitrogens with zero attached hydrogens (tertiary/aromatic N) is 1. The number of benzene rings is 1. The molecule has 9 heteroatoms. The Bertz CT molecular complexity index is 604. The number of amides is 1. The van der Waals surface area contributed by atoms with Crippen LogP contribution in [-0.4, -0.2) is 5.91 Å². The molecule has 2 N–H and O–H groups in total. The number of primary amides is 1. The zero-order chi connectivity index (χ0) is 16.4. The maximum Gasteiger partial charge on any atom is 0.416 e. The molecule has 0 aromatic heterocycles. The van der Waals surface area contributed by atoms with Crippen LogP contribution in [-0.2, 0) is 17.1 Å². The van der Waals surface area contributed by atoms with Crippen molar-refractivity contribution in [2.75, 3.05) is 0 Å². The van der Waals surface area contributed by atoms with Gasteiger partial charge in [-0.3, -0.25) is 4.79 Å². The predicted octanol–water partition coefficient (Wildman–Crippen LogP) is 3.12. The molecule has 0 unspecified atom stereocenters. The maximum atomic E-state index is 12.6. The Balaban J connectivity index is 3.54. The fourth-order valence-corrected chi connectivity index (χ4v) is 1.39. The number of nitrogens with two attached hydrogens (primary N) is 1. The lowest BCUT2D eigenvalue weighted by molar-refractivity contribution is -0.143. The summed E-state index contributed by atoms with van der Waals surface area (Å²) in [5.41, 5.74) is 0.302. The van der Waals surface area contributed by atoms with Crippen LogP contribution < -0.4 is 5.73 Å². The van der Waals surface area contributed by atoms with Crippen LogP contribution in [0.25, 0.3) is 6.08 Å². The third kappa shape index (κ3) is 4.24. The summed E-state index contributed by atoms with van der Waals surface area (Å²) < 4.78 is 75.4. The summed E-state index contributed by atoms with van der Waals surface area (Å²) >= 11 is 0. The van der Waals surface area contributed by atoms with Gasteiger partial charge in [-0.15, -0.1) is 0 Å². The van der Waals surface area contributed by atoms with Crippen molar-refractivity contribution in [3.8, 4) is 6.07 Å². The Kier molecular flexibility index (Phi) is 4.32. The first-order valence-electron chi connectivity index (χ1n) is 5.16. The Morgan fingerprint density at radius 1 is 1.05 bits per heavy atom. The highest BCUT2D eigenvalue weighted by Gasteiger charge is 2.36. The predicted molar refractivity (Wildman–Crippen MR) is 59.2 cm³/mol. The van der Waals surface area contributed by atoms with E-state index >= 15 is 0 Å². The second-order valence-corrected chi connectivity index (χ2v) is 3.87. The normalized spacial score (nSPS) is 12.9. The molecule has 0 radical (unpaired) electrons. The average molecular weight is 308 g/mol. The molecule has 0 bridgehead atoms. The number of hydrogen-bond donors (Lipinski definition) is 1. The Morgan fingerprint density at radius 3 is 1.76 bits per heavy atom. The summed E-state index contributed by atoms with van der Waals surface area (Å²) in [6.45, 7) is 0. The number of rotatable bonds is 2. The van der Waals surface area contributed by atoms with Crippen LogP contribution in [0.1, 0.15) is 16.7 Å². The van der Waals surface area contributed by atoms with Crippen LogP contribution in [0.5, 0.6) is 0 Å². The first-order chi connectivity index (χ1) is 9.45. The minimum absolute atomic E-state index is 0.0619. The molecule has 0 aliphatic rings. The average Bonchev–Trinajstić information content (AvgIpc) is 2.33. The second-order valence-electron chi connectivity index (χ2n) is 3.87. The highest BCUT2D eigenvalue weighted by atomic mass is 19.4. The van der Waals surface area contributed by atoms with E-state index in [4.69, 9.17) is 11.0 Å². The zero-order valence-electron chi connectivity index (χ0n) is 10.0. The van der Waals surface area contributed by atoms with E-state index in [0.717, 1.165) is 0 Å². The second kappa shape index (κ2) is 5.47. The van der Waals surface area contributed by atoms with E-state index in [1.165, 1.54) is 6.07 Å². The minimum Gasteiger partial charge on any atom is -0.365 e. The van der Waals surface area contributed by atoms with E-state index in [0.29, 0.717) is 18.2 Å². The van der Waals surface area contributed by atoms with Crippen molar-refractivity contribution < 1.29 is 31.1 Å². The highest BCUT2D eigenvalue weighted by molar-refractivity contribution is 6.00. The van der Waals surface area contributed by atoms with Crippen LogP contribution >= 0.6 is 0 Å². The first-order valence-corrected chi connectivity index (χ1v) is 5.16. The Hall–Kier alpha value is -2.50. The van der Waals surface area contributed by atoms with Crippen molar-refractivity contribution in [3.05, 3.63) is 40.5 Å². The molecule has 0 fully saturated rings. The minimum atomic E-state index is -5.01. The lowest BCUT2D eigenvalue weighted by Crippen LogP contribution is -2.13. The lowest BCUT2D eigenvalue weighted by atomic mass is 10.0. The van der Waals surface area contributed by atoms with Crippen LogP contribution in [0.15, 0.2) is 23.8 Å². The highest BCUT2D eigenvalue weighted by Crippen LogP contribution is 2.36. The first kappa shape index (κ1) is 16.6. The molecule has 0 spiro atoms. The number of halogens is 6. The van der Waals surface area contributed by atoms with Gasteiger partial charge < -0.3 is 5.73 Å². The largest absolute Gasteiger partial charge is 0.416 e. The molecule has 0 aliphatic carbocycles. The standard InChI is InChI=1S/C12H6F6N2O/c13-11(14,15)8-2-6(1-7(5-19)10(20)21)3-9(4-8)12(16,17)18/h1-4H,(H2,20,21)/b7-1+. The van der Waals surface area contributed by atoms with Gasteiger partial charge >= 0.3 is 12.4 Å². The van der Waals surface area contributed by atoms with Crippen molar-refractivity contribution in [1.82, 2.24) is 0 Å². The van der Waals surface area contributed by atoms with E-state index in [2.05, 4.69) is 0 Å². The number of hydrogen-bond acceptors (Lipinski definition) is 2. The summed E-state index contributed by atoms with van der Waals surface area (Å²) in [7, 11) is 0. The molecule has 0 heterocycles. The topological polar surface area (TPSA) is 66.9 Å². The Morgan fingerprint density at radius 2 is 1.48 bits per heavy atom. The molecule has 3 nitrogen and oxygen atoms in total. The van der Waals surface area contributed by atoms with Gasteiger partial charge in [-0.05, 0) is 29.8 Å². The van der Waals surface area contributed by atoms with Crippen LogP contribution in [0.3, 0.4) is 0 Å². The van der Waals surface area contributed by atoms with Gasteiger partial charge in [0.2, 0.25) is 0 Å². The van der Waals surface area contributed by atoms with Crippen molar-refractivity contribution in [1.29, 1.82) is 5.26 Å². The van der Waals surface area contributed by atoms with E-state index in [1.807, 2.05) is 0 Å². The van der Waals surface area contributed by atoms with Gasteiger partial charge in [-0.1, -0.05) is 0 Å². The number of carbonyl (C=O) groups is 1. The van der Waals surface area contributed by atoms with Crippen molar-refractivity contribution in [2.45, 2.75) is 12.4 Å². The van der Waals surface area contributed by atoms with Gasteiger partial charge in [-0.25, -0.2) is 0 Å². The summed E-state index contributed by atoms with van der Waals surface area (Å²) in [5.74, 6) is -1.26. The fourth-order valence-electron chi connectivity index (χ4n) is 1.39. The molecule has 21 heavy (non-hydrogen) atoms. The summed E-state index contributed by atoms with van der Waals surface area (Å²) in [6, 6.07) is 2.00. The van der Waals surface area contributed by atoms with E-state index in [9.17, 15) is 31.1 Å². The summed E-state index contributed by atoms with van der Waals surface area (Å²) in [6.07, 6.45) is -9.46. The van der Waals surface area contributed by atoms with E-state index in [-0.39, 0.29) is 6.07 Å². The third-order valence-corrected chi connectivity index (χ3v) is 2.31.